The molecule has 1 unspecified atom stereocenters. The fraction of sp³-hybridized carbons (Fsp3) is 1.00. The molecule has 0 saturated heterocycles. The first kappa shape index (κ1) is 7.60. The van der Waals surface area contributed by atoms with Crippen molar-refractivity contribution in [2.75, 3.05) is 0 Å². The Morgan fingerprint density at radius 2 is 2.18 bits per heavy atom. The average molecular weight is 153 g/mol. The van der Waals surface area contributed by atoms with Gasteiger partial charge in [-0.25, -0.2) is 0 Å². The molecule has 0 amide bonds. The second-order valence-electron chi connectivity index (χ2n) is 4.87. The maximum absolute atomic E-state index is 6.29. The molecule has 3 atom stereocenters. The summed E-state index contributed by atoms with van der Waals surface area (Å²) in [7, 11) is 0. The summed E-state index contributed by atoms with van der Waals surface area (Å²) in [6, 6.07) is 0. The molecule has 0 aliphatic heterocycles. The van der Waals surface area contributed by atoms with Crippen molar-refractivity contribution in [3.8, 4) is 0 Å². The van der Waals surface area contributed by atoms with Crippen LogP contribution in [0.2, 0.25) is 0 Å². The summed E-state index contributed by atoms with van der Waals surface area (Å²) in [6.07, 6.45) is 8.16. The zero-order valence-corrected chi connectivity index (χ0v) is 7.47. The van der Waals surface area contributed by atoms with Crippen molar-refractivity contribution in [2.45, 2.75) is 51.0 Å². The molecule has 2 bridgehead atoms. The van der Waals surface area contributed by atoms with Crippen LogP contribution in [0.5, 0.6) is 0 Å². The van der Waals surface area contributed by atoms with E-state index in [1.807, 2.05) is 0 Å². The van der Waals surface area contributed by atoms with Gasteiger partial charge >= 0.3 is 0 Å². The van der Waals surface area contributed by atoms with Crippen LogP contribution in [0.15, 0.2) is 0 Å². The first-order chi connectivity index (χ1) is 5.18. The van der Waals surface area contributed by atoms with Crippen LogP contribution in [0.3, 0.4) is 0 Å². The van der Waals surface area contributed by atoms with Gasteiger partial charge in [0.2, 0.25) is 0 Å². The Bertz CT molecular complexity index is 151. The molecule has 0 aromatic rings. The van der Waals surface area contributed by atoms with Crippen molar-refractivity contribution in [3.05, 3.63) is 0 Å². The van der Waals surface area contributed by atoms with Gasteiger partial charge in [-0.2, -0.15) is 0 Å². The lowest BCUT2D eigenvalue weighted by atomic mass is 9.64. The van der Waals surface area contributed by atoms with Crippen LogP contribution in [-0.4, -0.2) is 5.54 Å². The molecule has 1 heteroatoms. The highest BCUT2D eigenvalue weighted by molar-refractivity contribution is 4.96. The average Bonchev–Trinajstić information content (AvgIpc) is 1.82. The second-order valence-corrected chi connectivity index (χ2v) is 4.87. The molecule has 0 heterocycles. The van der Waals surface area contributed by atoms with Crippen LogP contribution in [0.1, 0.15) is 45.4 Å². The van der Waals surface area contributed by atoms with Gasteiger partial charge in [0.05, 0.1) is 0 Å². The summed E-state index contributed by atoms with van der Waals surface area (Å²) in [5, 5.41) is 0. The van der Waals surface area contributed by atoms with Crippen LogP contribution in [0.25, 0.3) is 0 Å². The van der Waals surface area contributed by atoms with Crippen molar-refractivity contribution < 1.29 is 0 Å². The molecular weight excluding hydrogens is 134 g/mol. The zero-order valence-electron chi connectivity index (χ0n) is 7.47. The predicted octanol–water partition coefficient (Wildman–Crippen LogP) is 2.30. The number of fused-ring (bicyclic) bond motifs is 2. The molecular formula is C10H19N. The Morgan fingerprint density at radius 3 is 2.91 bits per heavy atom. The molecule has 2 aliphatic rings. The van der Waals surface area contributed by atoms with E-state index in [2.05, 4.69) is 6.92 Å². The monoisotopic (exact) mass is 153 g/mol. The van der Waals surface area contributed by atoms with Gasteiger partial charge in [-0.1, -0.05) is 19.8 Å². The Balaban J connectivity index is 2.09. The Hall–Kier alpha value is -0.0400. The topological polar surface area (TPSA) is 26.0 Å². The number of hydrogen-bond acceptors (Lipinski definition) is 1. The van der Waals surface area contributed by atoms with Crippen molar-refractivity contribution in [2.24, 2.45) is 17.6 Å². The minimum Gasteiger partial charge on any atom is -0.325 e. The van der Waals surface area contributed by atoms with Crippen LogP contribution in [0, 0.1) is 11.8 Å². The molecule has 1 nitrogen and oxygen atoms in total. The predicted molar refractivity (Wildman–Crippen MR) is 47.3 cm³/mol. The highest BCUT2D eigenvalue weighted by Gasteiger charge is 2.38. The highest BCUT2D eigenvalue weighted by Crippen LogP contribution is 2.43. The summed E-state index contributed by atoms with van der Waals surface area (Å²) < 4.78 is 0. The van der Waals surface area contributed by atoms with E-state index in [0.717, 1.165) is 11.8 Å². The molecule has 2 N–H and O–H groups in total. The summed E-state index contributed by atoms with van der Waals surface area (Å²) in [5.74, 6) is 1.86. The minimum atomic E-state index is 0.251. The SMILES string of the molecule is C[C@H]1CC2CCC[C@](N)(C2)C1. The molecule has 0 aromatic carbocycles. The summed E-state index contributed by atoms with van der Waals surface area (Å²) in [6.45, 7) is 2.36. The molecule has 0 aromatic heterocycles. The largest absolute Gasteiger partial charge is 0.325 e. The van der Waals surface area contributed by atoms with Crippen LogP contribution < -0.4 is 5.73 Å². The van der Waals surface area contributed by atoms with Gasteiger partial charge in [0.25, 0.3) is 0 Å². The summed E-state index contributed by atoms with van der Waals surface area (Å²) in [5.41, 5.74) is 6.54. The molecule has 2 aliphatic carbocycles. The molecule has 64 valence electrons. The standard InChI is InChI=1S/C10H19N/c1-8-5-9-3-2-4-10(11,6-8)7-9/h8-9H,2-7,11H2,1H3/t8-,9?,10+/m0/s1. The van der Waals surface area contributed by atoms with Gasteiger partial charge in [-0.15, -0.1) is 0 Å². The Kier molecular flexibility index (Phi) is 1.71. The van der Waals surface area contributed by atoms with E-state index in [-0.39, 0.29) is 5.54 Å². The van der Waals surface area contributed by atoms with E-state index < -0.39 is 0 Å². The fourth-order valence-corrected chi connectivity index (χ4v) is 3.25. The van der Waals surface area contributed by atoms with E-state index in [4.69, 9.17) is 5.73 Å². The second kappa shape index (κ2) is 2.48. The van der Waals surface area contributed by atoms with Crippen LogP contribution in [-0.2, 0) is 0 Å². The normalized spacial score (nSPS) is 50.7. The number of hydrogen-bond donors (Lipinski definition) is 1. The Morgan fingerprint density at radius 1 is 1.36 bits per heavy atom. The molecule has 11 heavy (non-hydrogen) atoms. The van der Waals surface area contributed by atoms with E-state index in [0.29, 0.717) is 0 Å². The van der Waals surface area contributed by atoms with Gasteiger partial charge in [-0.3, -0.25) is 0 Å². The smallest absolute Gasteiger partial charge is 0.0159 e. The quantitative estimate of drug-likeness (QED) is 0.568. The van der Waals surface area contributed by atoms with Crippen molar-refractivity contribution in [1.82, 2.24) is 0 Å². The van der Waals surface area contributed by atoms with E-state index in [1.165, 1.54) is 38.5 Å². The lowest BCUT2D eigenvalue weighted by molar-refractivity contribution is 0.116. The van der Waals surface area contributed by atoms with Gasteiger partial charge < -0.3 is 5.73 Å². The van der Waals surface area contributed by atoms with E-state index >= 15 is 0 Å². The maximum atomic E-state index is 6.29. The molecule has 2 saturated carbocycles. The third-order valence-corrected chi connectivity index (χ3v) is 3.47. The number of rotatable bonds is 0. The van der Waals surface area contributed by atoms with Gasteiger partial charge in [-0.05, 0) is 37.5 Å². The van der Waals surface area contributed by atoms with Gasteiger partial charge in [0, 0.05) is 5.54 Å². The van der Waals surface area contributed by atoms with Crippen molar-refractivity contribution in [3.63, 3.8) is 0 Å². The fourth-order valence-electron chi connectivity index (χ4n) is 3.25. The highest BCUT2D eigenvalue weighted by atomic mass is 14.8. The van der Waals surface area contributed by atoms with Crippen molar-refractivity contribution >= 4 is 0 Å². The molecule has 2 rings (SSSR count). The molecule has 0 radical (unpaired) electrons. The molecule has 2 fully saturated rings. The number of nitrogens with two attached hydrogens (primary N) is 1. The molecule has 0 spiro atoms. The third-order valence-electron chi connectivity index (χ3n) is 3.47. The van der Waals surface area contributed by atoms with Gasteiger partial charge in [0.1, 0.15) is 0 Å². The van der Waals surface area contributed by atoms with E-state index in [1.54, 1.807) is 0 Å². The van der Waals surface area contributed by atoms with Gasteiger partial charge in [0.15, 0.2) is 0 Å². The minimum absolute atomic E-state index is 0.251. The lowest BCUT2D eigenvalue weighted by Crippen LogP contribution is -2.48. The van der Waals surface area contributed by atoms with Crippen molar-refractivity contribution in [1.29, 1.82) is 0 Å². The lowest BCUT2D eigenvalue weighted by Gasteiger charge is -2.45. The zero-order chi connectivity index (χ0) is 7.90. The first-order valence-corrected chi connectivity index (χ1v) is 4.97. The summed E-state index contributed by atoms with van der Waals surface area (Å²) >= 11 is 0. The van der Waals surface area contributed by atoms with Crippen LogP contribution >= 0.6 is 0 Å². The van der Waals surface area contributed by atoms with E-state index in [9.17, 15) is 0 Å². The summed E-state index contributed by atoms with van der Waals surface area (Å²) in [4.78, 5) is 0. The Labute approximate surface area is 69.4 Å². The van der Waals surface area contributed by atoms with Crippen LogP contribution in [0.4, 0.5) is 0 Å². The first-order valence-electron chi connectivity index (χ1n) is 4.97. The maximum Gasteiger partial charge on any atom is 0.0159 e. The third kappa shape index (κ3) is 1.44.